The average molecular weight is 284 g/mol. The first kappa shape index (κ1) is 11.5. The van der Waals surface area contributed by atoms with Crippen LogP contribution in [0.25, 0.3) is 0 Å². The molecule has 0 fully saturated rings. The van der Waals surface area contributed by atoms with Crippen molar-refractivity contribution >= 4 is 21.8 Å². The van der Waals surface area contributed by atoms with E-state index in [4.69, 9.17) is 4.74 Å². The number of rotatable bonds is 2. The lowest BCUT2D eigenvalue weighted by atomic mass is 10.0. The number of amides is 1. The summed E-state index contributed by atoms with van der Waals surface area (Å²) in [5.74, 6) is 0.892. The van der Waals surface area contributed by atoms with E-state index in [1.165, 1.54) is 0 Å². The van der Waals surface area contributed by atoms with Crippen LogP contribution in [0.15, 0.2) is 24.3 Å². The number of hydrogen-bond acceptors (Lipinski definition) is 2. The van der Waals surface area contributed by atoms with Crippen LogP contribution in [0.1, 0.15) is 24.9 Å². The third kappa shape index (κ3) is 2.38. The van der Waals surface area contributed by atoms with Gasteiger partial charge in [-0.05, 0) is 13.0 Å². The maximum Gasteiger partial charge on any atom is 0.233 e. The van der Waals surface area contributed by atoms with Crippen molar-refractivity contribution in [3.05, 3.63) is 29.8 Å². The van der Waals surface area contributed by atoms with Gasteiger partial charge in [-0.2, -0.15) is 0 Å². The molecule has 1 aromatic rings. The number of para-hydroxylation sites is 1. The molecule has 0 aliphatic carbocycles. The molecule has 2 unspecified atom stereocenters. The zero-order chi connectivity index (χ0) is 11.5. The highest BCUT2D eigenvalue weighted by molar-refractivity contribution is 9.10. The summed E-state index contributed by atoms with van der Waals surface area (Å²) in [7, 11) is 0. The number of carbonyl (C=O) groups is 1. The number of fused-ring (bicyclic) bond motifs is 1. The monoisotopic (exact) mass is 283 g/mol. The van der Waals surface area contributed by atoms with Gasteiger partial charge in [0, 0.05) is 12.0 Å². The van der Waals surface area contributed by atoms with Crippen LogP contribution in [0.4, 0.5) is 0 Å². The smallest absolute Gasteiger partial charge is 0.233 e. The van der Waals surface area contributed by atoms with Crippen molar-refractivity contribution in [3.63, 3.8) is 0 Å². The molecule has 0 saturated heterocycles. The maximum absolute atomic E-state index is 11.6. The molecular weight excluding hydrogens is 270 g/mol. The summed E-state index contributed by atoms with van der Waals surface area (Å²) in [6.07, 6.45) is 0.822. The number of hydrogen-bond donors (Lipinski definition) is 1. The Hall–Kier alpha value is -1.03. The minimum atomic E-state index is -0.164. The summed E-state index contributed by atoms with van der Waals surface area (Å²) in [4.78, 5) is 11.5. The molecule has 4 heteroatoms. The van der Waals surface area contributed by atoms with Crippen molar-refractivity contribution in [1.29, 1.82) is 0 Å². The van der Waals surface area contributed by atoms with Crippen LogP contribution in [0.3, 0.4) is 0 Å². The summed E-state index contributed by atoms with van der Waals surface area (Å²) in [5.41, 5.74) is 1.07. The molecule has 0 radical (unpaired) electrons. The van der Waals surface area contributed by atoms with E-state index in [9.17, 15) is 4.79 Å². The highest BCUT2D eigenvalue weighted by Gasteiger charge is 2.23. The number of nitrogens with one attached hydrogen (secondary N) is 1. The SMILES string of the molecule is CC(Br)C(=O)NC1CCOc2ccccc21. The molecular formula is C12H14BrNO2. The van der Waals surface area contributed by atoms with Gasteiger partial charge in [-0.15, -0.1) is 0 Å². The second-order valence-electron chi connectivity index (χ2n) is 3.85. The fourth-order valence-electron chi connectivity index (χ4n) is 1.78. The van der Waals surface area contributed by atoms with Gasteiger partial charge in [0.1, 0.15) is 5.75 Å². The highest BCUT2D eigenvalue weighted by atomic mass is 79.9. The molecule has 1 heterocycles. The fourth-order valence-corrected chi connectivity index (χ4v) is 1.91. The number of alkyl halides is 1. The number of ether oxygens (including phenoxy) is 1. The predicted octanol–water partition coefficient (Wildman–Crippen LogP) is 2.41. The maximum atomic E-state index is 11.6. The van der Waals surface area contributed by atoms with Crippen LogP contribution in [-0.4, -0.2) is 17.3 Å². The lowest BCUT2D eigenvalue weighted by Gasteiger charge is -2.27. The van der Waals surface area contributed by atoms with Gasteiger partial charge in [-0.1, -0.05) is 34.1 Å². The van der Waals surface area contributed by atoms with E-state index in [0.717, 1.165) is 17.7 Å². The Morgan fingerprint density at radius 3 is 3.06 bits per heavy atom. The van der Waals surface area contributed by atoms with Crippen molar-refractivity contribution in [1.82, 2.24) is 5.32 Å². The first-order valence-corrected chi connectivity index (χ1v) is 6.26. The van der Waals surface area contributed by atoms with E-state index < -0.39 is 0 Å². The summed E-state index contributed by atoms with van der Waals surface area (Å²) < 4.78 is 5.53. The molecule has 1 aliphatic heterocycles. The Bertz CT molecular complexity index is 392. The van der Waals surface area contributed by atoms with E-state index in [1.807, 2.05) is 31.2 Å². The third-order valence-corrected chi connectivity index (χ3v) is 3.05. The Morgan fingerprint density at radius 1 is 1.56 bits per heavy atom. The van der Waals surface area contributed by atoms with Crippen LogP contribution in [0, 0.1) is 0 Å². The minimum Gasteiger partial charge on any atom is -0.493 e. The van der Waals surface area contributed by atoms with E-state index in [2.05, 4.69) is 21.2 Å². The lowest BCUT2D eigenvalue weighted by Crippen LogP contribution is -2.35. The molecule has 0 bridgehead atoms. The van der Waals surface area contributed by atoms with E-state index >= 15 is 0 Å². The zero-order valence-electron chi connectivity index (χ0n) is 9.07. The third-order valence-electron chi connectivity index (χ3n) is 2.64. The Kier molecular flexibility index (Phi) is 3.49. The quantitative estimate of drug-likeness (QED) is 0.847. The Labute approximate surface area is 103 Å². The van der Waals surface area contributed by atoms with Crippen molar-refractivity contribution in [2.24, 2.45) is 0 Å². The van der Waals surface area contributed by atoms with Gasteiger partial charge in [-0.3, -0.25) is 4.79 Å². The van der Waals surface area contributed by atoms with Crippen LogP contribution >= 0.6 is 15.9 Å². The van der Waals surface area contributed by atoms with Gasteiger partial charge in [0.25, 0.3) is 0 Å². The summed E-state index contributed by atoms with van der Waals surface area (Å²) >= 11 is 3.26. The van der Waals surface area contributed by atoms with Crippen LogP contribution in [0.2, 0.25) is 0 Å². The number of benzene rings is 1. The van der Waals surface area contributed by atoms with Crippen LogP contribution in [-0.2, 0) is 4.79 Å². The van der Waals surface area contributed by atoms with Crippen molar-refractivity contribution in [2.75, 3.05) is 6.61 Å². The second-order valence-corrected chi connectivity index (χ2v) is 5.23. The second kappa shape index (κ2) is 4.87. The molecule has 0 saturated carbocycles. The predicted molar refractivity (Wildman–Crippen MR) is 65.8 cm³/mol. The number of carbonyl (C=O) groups excluding carboxylic acids is 1. The van der Waals surface area contributed by atoms with Gasteiger partial charge in [0.15, 0.2) is 0 Å². The van der Waals surface area contributed by atoms with Crippen LogP contribution in [0.5, 0.6) is 5.75 Å². The van der Waals surface area contributed by atoms with Gasteiger partial charge in [0.05, 0.1) is 17.5 Å². The first-order chi connectivity index (χ1) is 7.68. The molecule has 2 atom stereocenters. The average Bonchev–Trinajstić information content (AvgIpc) is 2.29. The van der Waals surface area contributed by atoms with Crippen molar-refractivity contribution in [2.45, 2.75) is 24.2 Å². The Balaban J connectivity index is 2.16. The lowest BCUT2D eigenvalue weighted by molar-refractivity contribution is -0.121. The van der Waals surface area contributed by atoms with E-state index in [-0.39, 0.29) is 16.8 Å². The largest absolute Gasteiger partial charge is 0.493 e. The van der Waals surface area contributed by atoms with E-state index in [1.54, 1.807) is 0 Å². The van der Waals surface area contributed by atoms with Gasteiger partial charge >= 0.3 is 0 Å². The molecule has 86 valence electrons. The van der Waals surface area contributed by atoms with E-state index in [0.29, 0.717) is 6.61 Å². The summed E-state index contributed by atoms with van der Waals surface area (Å²) in [6, 6.07) is 7.90. The Morgan fingerprint density at radius 2 is 2.31 bits per heavy atom. The first-order valence-electron chi connectivity index (χ1n) is 5.34. The topological polar surface area (TPSA) is 38.3 Å². The summed E-state index contributed by atoms with van der Waals surface area (Å²) in [5, 5.41) is 3.01. The van der Waals surface area contributed by atoms with Crippen LogP contribution < -0.4 is 10.1 Å². The molecule has 0 aromatic heterocycles. The van der Waals surface area contributed by atoms with Crippen molar-refractivity contribution in [3.8, 4) is 5.75 Å². The van der Waals surface area contributed by atoms with Crippen molar-refractivity contribution < 1.29 is 9.53 Å². The molecule has 2 rings (SSSR count). The molecule has 1 aromatic carbocycles. The molecule has 1 N–H and O–H groups in total. The fraction of sp³-hybridized carbons (Fsp3) is 0.417. The molecule has 0 spiro atoms. The number of halogens is 1. The minimum absolute atomic E-state index is 0.0155. The normalized spacial score (nSPS) is 20.5. The molecule has 3 nitrogen and oxygen atoms in total. The molecule has 1 amide bonds. The van der Waals surface area contributed by atoms with Gasteiger partial charge in [0.2, 0.25) is 5.91 Å². The van der Waals surface area contributed by atoms with Gasteiger partial charge in [-0.25, -0.2) is 0 Å². The van der Waals surface area contributed by atoms with Gasteiger partial charge < -0.3 is 10.1 Å². The summed E-state index contributed by atoms with van der Waals surface area (Å²) in [6.45, 7) is 2.47. The zero-order valence-corrected chi connectivity index (χ0v) is 10.7. The molecule has 16 heavy (non-hydrogen) atoms. The molecule has 1 aliphatic rings. The highest BCUT2D eigenvalue weighted by Crippen LogP contribution is 2.31. The standard InChI is InChI=1S/C12H14BrNO2/c1-8(13)12(15)14-10-6-7-16-11-5-3-2-4-9(10)11/h2-5,8,10H,6-7H2,1H3,(H,14,15).